The van der Waals surface area contributed by atoms with Crippen LogP contribution in [0.5, 0.6) is 0 Å². The summed E-state index contributed by atoms with van der Waals surface area (Å²) in [6, 6.07) is 21.4. The van der Waals surface area contributed by atoms with Gasteiger partial charge in [0.15, 0.2) is 11.8 Å². The van der Waals surface area contributed by atoms with Crippen molar-refractivity contribution in [2.24, 2.45) is 0 Å². The molecule has 1 heterocycles. The Hall–Kier alpha value is -4.41. The Balaban J connectivity index is 1.66. The maximum absolute atomic E-state index is 14.4. The largest absolute Gasteiger partial charge is 0.372 e. The zero-order valence-corrected chi connectivity index (χ0v) is 26.2. The summed E-state index contributed by atoms with van der Waals surface area (Å²) >= 11 is 0. The topological polar surface area (TPSA) is 112 Å². The summed E-state index contributed by atoms with van der Waals surface area (Å²) in [5, 5.41) is 8.63. The average Bonchev–Trinajstić information content (AvgIpc) is 3.22. The second kappa shape index (κ2) is 14.9. The maximum atomic E-state index is 14.4. The number of para-hydroxylation sites is 1. The highest BCUT2D eigenvalue weighted by Crippen LogP contribution is 2.43. The number of carbonyl (C=O) groups excluding carboxylic acids is 3. The molecule has 10 heteroatoms. The van der Waals surface area contributed by atoms with Gasteiger partial charge in [-0.15, -0.1) is 0 Å². The van der Waals surface area contributed by atoms with Crippen LogP contribution in [-0.4, -0.2) is 57.0 Å². The average molecular weight is 602 g/mol. The molecule has 4 amide bonds. The lowest BCUT2D eigenvalue weighted by atomic mass is 9.87. The van der Waals surface area contributed by atoms with Crippen LogP contribution in [0.4, 0.5) is 27.5 Å². The number of nitrogens with one attached hydrogen (secondary N) is 3. The molecule has 0 fully saturated rings. The maximum Gasteiger partial charge on any atom is 0.320 e. The highest BCUT2D eigenvalue weighted by molar-refractivity contribution is 6.13. The first kappa shape index (κ1) is 32.5. The molecule has 3 aromatic rings. The molecule has 0 saturated heterocycles. The van der Waals surface area contributed by atoms with E-state index in [0.29, 0.717) is 35.8 Å². The summed E-state index contributed by atoms with van der Waals surface area (Å²) in [5.41, 5.74) is 2.66. The smallest absolute Gasteiger partial charge is 0.320 e. The lowest BCUT2D eigenvalue weighted by Crippen LogP contribution is -2.56. The minimum absolute atomic E-state index is 0.0922. The number of urea groups is 1. The van der Waals surface area contributed by atoms with Crippen LogP contribution in [0.25, 0.3) is 0 Å². The van der Waals surface area contributed by atoms with Crippen molar-refractivity contribution in [2.75, 3.05) is 53.3 Å². The number of anilines is 4. The number of aryl methyl sites for hydroxylation is 1. The minimum Gasteiger partial charge on any atom is -0.372 e. The number of carbonyl (C=O) groups is 3. The molecule has 234 valence electrons. The van der Waals surface area contributed by atoms with Gasteiger partial charge in [0, 0.05) is 48.9 Å². The lowest BCUT2D eigenvalue weighted by molar-refractivity contribution is -0.138. The van der Waals surface area contributed by atoms with Gasteiger partial charge in [-0.05, 0) is 77.1 Å². The number of fused-ring (bicyclic) bond motifs is 1. The normalized spacial score (nSPS) is 15.7. The van der Waals surface area contributed by atoms with Crippen molar-refractivity contribution >= 4 is 40.6 Å². The summed E-state index contributed by atoms with van der Waals surface area (Å²) in [4.78, 5) is 45.3. The Morgan fingerprint density at radius 3 is 2.05 bits per heavy atom. The van der Waals surface area contributed by atoms with E-state index >= 15 is 0 Å². The molecule has 44 heavy (non-hydrogen) atoms. The van der Waals surface area contributed by atoms with Crippen LogP contribution in [0.2, 0.25) is 0 Å². The molecule has 10 nitrogen and oxygen atoms in total. The molecule has 0 spiro atoms. The first-order chi connectivity index (χ1) is 21.2. The summed E-state index contributed by atoms with van der Waals surface area (Å²) < 4.78 is 11.5. The Morgan fingerprint density at radius 1 is 0.841 bits per heavy atom. The fraction of sp³-hybridized carbons (Fsp3) is 0.382. The van der Waals surface area contributed by atoms with E-state index in [9.17, 15) is 14.4 Å². The van der Waals surface area contributed by atoms with Crippen LogP contribution < -0.4 is 25.8 Å². The quantitative estimate of drug-likeness (QED) is 0.207. The first-order valence-electron chi connectivity index (χ1n) is 15.2. The van der Waals surface area contributed by atoms with Crippen LogP contribution in [-0.2, 0) is 24.6 Å². The predicted molar refractivity (Wildman–Crippen MR) is 174 cm³/mol. The van der Waals surface area contributed by atoms with Crippen molar-refractivity contribution in [3.8, 4) is 0 Å². The van der Waals surface area contributed by atoms with Crippen molar-refractivity contribution in [3.63, 3.8) is 0 Å². The van der Waals surface area contributed by atoms with Crippen LogP contribution in [0.1, 0.15) is 45.2 Å². The molecular formula is C34H43N5O5. The van der Waals surface area contributed by atoms with E-state index in [-0.39, 0.29) is 13.0 Å². The van der Waals surface area contributed by atoms with Gasteiger partial charge < -0.3 is 35.2 Å². The van der Waals surface area contributed by atoms with E-state index in [4.69, 9.17) is 9.47 Å². The van der Waals surface area contributed by atoms with Gasteiger partial charge in [0.25, 0.3) is 5.91 Å². The van der Waals surface area contributed by atoms with Crippen molar-refractivity contribution < 1.29 is 23.9 Å². The summed E-state index contributed by atoms with van der Waals surface area (Å²) in [5.74, 6) is -0.874. The summed E-state index contributed by atoms with van der Waals surface area (Å²) in [7, 11) is 0. The standard InChI is InChI=1S/C34H43N5O5/c1-6-38(7-2)27-20-18-25(19-21-27)35-30(40)22-34(37-33(42)36-26-16-14-24(5)15-17-26)28-12-10-11-13-29(28)39(32(34)41)23-31(43-8-3)44-9-4/h10-21,31H,6-9,22-23H2,1-5H3,(H,35,40)(H2,36,37,42). The lowest BCUT2D eigenvalue weighted by Gasteiger charge is -2.30. The molecule has 0 bridgehead atoms. The highest BCUT2D eigenvalue weighted by atomic mass is 16.7. The number of hydrogen-bond donors (Lipinski definition) is 3. The van der Waals surface area contributed by atoms with Gasteiger partial charge in [0.05, 0.1) is 18.7 Å². The number of amides is 4. The first-order valence-corrected chi connectivity index (χ1v) is 15.2. The minimum atomic E-state index is -1.68. The molecular weight excluding hydrogens is 558 g/mol. The third-order valence-electron chi connectivity index (χ3n) is 7.64. The number of hydrogen-bond acceptors (Lipinski definition) is 6. The van der Waals surface area contributed by atoms with E-state index in [2.05, 4.69) is 34.7 Å². The van der Waals surface area contributed by atoms with Gasteiger partial charge in [-0.3, -0.25) is 9.59 Å². The van der Waals surface area contributed by atoms with Crippen LogP contribution in [0.15, 0.2) is 72.8 Å². The van der Waals surface area contributed by atoms with E-state index in [1.54, 1.807) is 30.3 Å². The van der Waals surface area contributed by atoms with Gasteiger partial charge in [-0.2, -0.15) is 0 Å². The predicted octanol–water partition coefficient (Wildman–Crippen LogP) is 5.63. The van der Waals surface area contributed by atoms with Gasteiger partial charge >= 0.3 is 6.03 Å². The zero-order valence-electron chi connectivity index (χ0n) is 26.2. The molecule has 1 aliphatic heterocycles. The number of nitrogens with zero attached hydrogens (tertiary/aromatic N) is 2. The van der Waals surface area contributed by atoms with Crippen molar-refractivity contribution in [3.05, 3.63) is 83.9 Å². The molecule has 0 radical (unpaired) electrons. The van der Waals surface area contributed by atoms with Gasteiger partial charge in [0.1, 0.15) is 0 Å². The fourth-order valence-corrected chi connectivity index (χ4v) is 5.50. The highest BCUT2D eigenvalue weighted by Gasteiger charge is 2.53. The molecule has 1 unspecified atom stereocenters. The van der Waals surface area contributed by atoms with Crippen LogP contribution in [0.3, 0.4) is 0 Å². The number of benzene rings is 3. The van der Waals surface area contributed by atoms with E-state index in [0.717, 1.165) is 24.3 Å². The van der Waals surface area contributed by atoms with E-state index in [1.807, 2.05) is 63.2 Å². The Bertz CT molecular complexity index is 1420. The van der Waals surface area contributed by atoms with Gasteiger partial charge in [0.2, 0.25) is 5.91 Å². The molecule has 3 aromatic carbocycles. The summed E-state index contributed by atoms with van der Waals surface area (Å²) in [6.07, 6.45) is -1.01. The monoisotopic (exact) mass is 601 g/mol. The Labute approximate surface area is 259 Å². The third kappa shape index (κ3) is 7.38. The van der Waals surface area contributed by atoms with Gasteiger partial charge in [-0.25, -0.2) is 4.79 Å². The third-order valence-corrected chi connectivity index (χ3v) is 7.64. The second-order valence-corrected chi connectivity index (χ2v) is 10.6. The second-order valence-electron chi connectivity index (χ2n) is 10.6. The van der Waals surface area contributed by atoms with Crippen LogP contribution >= 0.6 is 0 Å². The molecule has 4 rings (SSSR count). The summed E-state index contributed by atoms with van der Waals surface area (Å²) in [6.45, 7) is 12.5. The molecule has 3 N–H and O–H groups in total. The van der Waals surface area contributed by atoms with Crippen molar-refractivity contribution in [2.45, 2.75) is 52.9 Å². The zero-order chi connectivity index (χ0) is 31.7. The Kier molecular flexibility index (Phi) is 11.0. The number of rotatable bonds is 14. The molecule has 0 aromatic heterocycles. The van der Waals surface area contributed by atoms with E-state index in [1.165, 1.54) is 4.90 Å². The van der Waals surface area contributed by atoms with Crippen molar-refractivity contribution in [1.29, 1.82) is 0 Å². The molecule has 1 atom stereocenters. The SMILES string of the molecule is CCOC(CN1C(=O)C(CC(=O)Nc2ccc(N(CC)CC)cc2)(NC(=O)Nc2ccc(C)cc2)c2ccccc21)OCC. The van der Waals surface area contributed by atoms with Gasteiger partial charge in [-0.1, -0.05) is 35.9 Å². The molecule has 0 aliphatic carbocycles. The number of ether oxygens (including phenoxy) is 2. The molecule has 1 aliphatic rings. The Morgan fingerprint density at radius 2 is 1.43 bits per heavy atom. The van der Waals surface area contributed by atoms with E-state index < -0.39 is 29.7 Å². The molecule has 0 saturated carbocycles. The van der Waals surface area contributed by atoms with Crippen molar-refractivity contribution in [1.82, 2.24) is 5.32 Å². The fourth-order valence-electron chi connectivity index (χ4n) is 5.50. The van der Waals surface area contributed by atoms with Crippen LogP contribution in [0, 0.1) is 6.92 Å².